The van der Waals surface area contributed by atoms with Crippen LogP contribution in [0, 0.1) is 0 Å². The average molecular weight is 216 g/mol. The summed E-state index contributed by atoms with van der Waals surface area (Å²) in [5, 5.41) is 12.6. The summed E-state index contributed by atoms with van der Waals surface area (Å²) in [5.74, 6) is 0. The van der Waals surface area contributed by atoms with Crippen molar-refractivity contribution < 1.29 is 9.84 Å². The molecule has 0 aromatic carbocycles. The van der Waals surface area contributed by atoms with Gasteiger partial charge in [0.05, 0.1) is 19.3 Å². The maximum Gasteiger partial charge on any atom is 0.0895 e. The van der Waals surface area contributed by atoms with Crippen LogP contribution in [0.2, 0.25) is 0 Å². The maximum absolute atomic E-state index is 9.14. The highest BCUT2D eigenvalue weighted by molar-refractivity contribution is 4.71. The van der Waals surface area contributed by atoms with Crippen molar-refractivity contribution in [3.8, 4) is 0 Å². The number of hydrogen-bond acceptors (Lipinski definition) is 4. The smallest absolute Gasteiger partial charge is 0.0895 e. The molecule has 0 aliphatic heterocycles. The fourth-order valence-electron chi connectivity index (χ4n) is 1.93. The maximum atomic E-state index is 9.14. The van der Waals surface area contributed by atoms with E-state index in [2.05, 4.69) is 5.32 Å². The molecule has 0 saturated heterocycles. The highest BCUT2D eigenvalue weighted by Crippen LogP contribution is 2.16. The standard InChI is InChI=1S/C11H24N2O2/c12-8-11(14)9-15-7-6-13-10-4-2-1-3-5-10/h10-11,13-14H,1-9,12H2. The minimum Gasteiger partial charge on any atom is -0.389 e. The number of hydrogen-bond donors (Lipinski definition) is 3. The van der Waals surface area contributed by atoms with Crippen LogP contribution in [-0.4, -0.2) is 43.6 Å². The largest absolute Gasteiger partial charge is 0.389 e. The molecular weight excluding hydrogens is 192 g/mol. The van der Waals surface area contributed by atoms with Gasteiger partial charge in [0.2, 0.25) is 0 Å². The van der Waals surface area contributed by atoms with E-state index in [1.54, 1.807) is 0 Å². The fraction of sp³-hybridized carbons (Fsp3) is 1.00. The van der Waals surface area contributed by atoms with Crippen molar-refractivity contribution in [3.05, 3.63) is 0 Å². The van der Waals surface area contributed by atoms with Gasteiger partial charge in [-0.05, 0) is 12.8 Å². The van der Waals surface area contributed by atoms with Crippen LogP contribution in [0.5, 0.6) is 0 Å². The van der Waals surface area contributed by atoms with Crippen molar-refractivity contribution in [1.29, 1.82) is 0 Å². The fourth-order valence-corrected chi connectivity index (χ4v) is 1.93. The molecule has 0 spiro atoms. The molecule has 15 heavy (non-hydrogen) atoms. The minimum atomic E-state index is -0.514. The van der Waals surface area contributed by atoms with Gasteiger partial charge in [0.15, 0.2) is 0 Å². The third-order valence-corrected chi connectivity index (χ3v) is 2.87. The van der Waals surface area contributed by atoms with Crippen LogP contribution in [0.3, 0.4) is 0 Å². The second-order valence-corrected chi connectivity index (χ2v) is 4.25. The van der Waals surface area contributed by atoms with Crippen molar-refractivity contribution in [2.75, 3.05) is 26.3 Å². The van der Waals surface area contributed by atoms with Crippen molar-refractivity contribution >= 4 is 0 Å². The van der Waals surface area contributed by atoms with E-state index in [9.17, 15) is 0 Å². The van der Waals surface area contributed by atoms with Gasteiger partial charge in [0.25, 0.3) is 0 Å². The summed E-state index contributed by atoms with van der Waals surface area (Å²) in [6, 6.07) is 0.682. The molecule has 4 heteroatoms. The Balaban J connectivity index is 1.87. The highest BCUT2D eigenvalue weighted by atomic mass is 16.5. The van der Waals surface area contributed by atoms with E-state index in [1.807, 2.05) is 0 Å². The zero-order valence-corrected chi connectivity index (χ0v) is 9.45. The van der Waals surface area contributed by atoms with Crippen LogP contribution in [0.4, 0.5) is 0 Å². The lowest BCUT2D eigenvalue weighted by Crippen LogP contribution is -2.34. The zero-order chi connectivity index (χ0) is 10.9. The molecule has 1 saturated carbocycles. The summed E-state index contributed by atoms with van der Waals surface area (Å²) >= 11 is 0. The lowest BCUT2D eigenvalue weighted by atomic mass is 9.96. The van der Waals surface area contributed by atoms with Gasteiger partial charge in [0, 0.05) is 19.1 Å². The van der Waals surface area contributed by atoms with Gasteiger partial charge in [0.1, 0.15) is 0 Å². The van der Waals surface area contributed by atoms with Gasteiger partial charge in [-0.25, -0.2) is 0 Å². The third-order valence-electron chi connectivity index (χ3n) is 2.87. The quantitative estimate of drug-likeness (QED) is 0.533. The van der Waals surface area contributed by atoms with Gasteiger partial charge in [-0.3, -0.25) is 0 Å². The van der Waals surface area contributed by atoms with Crippen molar-refractivity contribution in [3.63, 3.8) is 0 Å². The molecule has 0 bridgehead atoms. The first-order valence-electron chi connectivity index (χ1n) is 6.02. The predicted octanol–water partition coefficient (Wildman–Crippen LogP) is 0.245. The minimum absolute atomic E-state index is 0.274. The molecule has 1 aliphatic rings. The Morgan fingerprint density at radius 3 is 2.73 bits per heavy atom. The van der Waals surface area contributed by atoms with Gasteiger partial charge in [-0.15, -0.1) is 0 Å². The Kier molecular flexibility index (Phi) is 6.92. The SMILES string of the molecule is NCC(O)COCCNC1CCCCC1. The van der Waals surface area contributed by atoms with Crippen LogP contribution in [-0.2, 0) is 4.74 Å². The number of rotatable bonds is 7. The van der Waals surface area contributed by atoms with Gasteiger partial charge in [-0.1, -0.05) is 19.3 Å². The van der Waals surface area contributed by atoms with Crippen molar-refractivity contribution in [2.24, 2.45) is 5.73 Å². The molecule has 4 N–H and O–H groups in total. The summed E-state index contributed by atoms with van der Waals surface area (Å²) in [7, 11) is 0. The molecule has 1 atom stereocenters. The molecule has 0 aromatic rings. The predicted molar refractivity (Wildman–Crippen MR) is 60.8 cm³/mol. The number of nitrogens with two attached hydrogens (primary N) is 1. The molecule has 0 aromatic heterocycles. The molecule has 4 nitrogen and oxygen atoms in total. The van der Waals surface area contributed by atoms with Crippen LogP contribution in [0.15, 0.2) is 0 Å². The summed E-state index contributed by atoms with van der Waals surface area (Å²) < 4.78 is 5.28. The topological polar surface area (TPSA) is 67.5 Å². The third kappa shape index (κ3) is 6.10. The summed E-state index contributed by atoms with van der Waals surface area (Å²) in [6.07, 6.45) is 6.17. The molecule has 1 unspecified atom stereocenters. The van der Waals surface area contributed by atoms with Crippen LogP contribution >= 0.6 is 0 Å². The van der Waals surface area contributed by atoms with E-state index in [1.165, 1.54) is 32.1 Å². The molecule has 1 aliphatic carbocycles. The van der Waals surface area contributed by atoms with E-state index in [0.29, 0.717) is 19.3 Å². The Hall–Kier alpha value is -0.160. The lowest BCUT2D eigenvalue weighted by Gasteiger charge is -2.22. The molecule has 1 fully saturated rings. The second kappa shape index (κ2) is 8.05. The Morgan fingerprint density at radius 1 is 1.33 bits per heavy atom. The van der Waals surface area contributed by atoms with E-state index in [0.717, 1.165) is 6.54 Å². The zero-order valence-electron chi connectivity index (χ0n) is 9.45. The normalized spacial score (nSPS) is 20.4. The Labute approximate surface area is 92.2 Å². The van der Waals surface area contributed by atoms with E-state index in [-0.39, 0.29) is 6.54 Å². The number of ether oxygens (including phenoxy) is 1. The van der Waals surface area contributed by atoms with Crippen LogP contribution < -0.4 is 11.1 Å². The lowest BCUT2D eigenvalue weighted by molar-refractivity contribution is 0.0416. The van der Waals surface area contributed by atoms with Crippen LogP contribution in [0.25, 0.3) is 0 Å². The van der Waals surface area contributed by atoms with E-state index in [4.69, 9.17) is 15.6 Å². The van der Waals surface area contributed by atoms with Gasteiger partial charge >= 0.3 is 0 Å². The summed E-state index contributed by atoms with van der Waals surface area (Å²) in [4.78, 5) is 0. The Bertz CT molecular complexity index is 150. The first-order chi connectivity index (χ1) is 7.33. The van der Waals surface area contributed by atoms with Crippen molar-refractivity contribution in [2.45, 2.75) is 44.2 Å². The van der Waals surface area contributed by atoms with Crippen LogP contribution in [0.1, 0.15) is 32.1 Å². The summed E-state index contributed by atoms with van der Waals surface area (Å²) in [6.45, 7) is 2.16. The van der Waals surface area contributed by atoms with Gasteiger partial charge < -0.3 is 20.9 Å². The number of nitrogens with one attached hydrogen (secondary N) is 1. The first kappa shape index (κ1) is 12.9. The molecule has 0 heterocycles. The molecule has 1 rings (SSSR count). The Morgan fingerprint density at radius 2 is 2.07 bits per heavy atom. The molecular formula is C11H24N2O2. The van der Waals surface area contributed by atoms with E-state index >= 15 is 0 Å². The second-order valence-electron chi connectivity index (χ2n) is 4.25. The molecule has 0 radical (unpaired) electrons. The number of aliphatic hydroxyl groups is 1. The van der Waals surface area contributed by atoms with E-state index < -0.39 is 6.10 Å². The highest BCUT2D eigenvalue weighted by Gasteiger charge is 2.11. The monoisotopic (exact) mass is 216 g/mol. The average Bonchev–Trinajstić information content (AvgIpc) is 2.29. The number of aliphatic hydroxyl groups excluding tert-OH is 1. The van der Waals surface area contributed by atoms with Gasteiger partial charge in [-0.2, -0.15) is 0 Å². The van der Waals surface area contributed by atoms with Crippen molar-refractivity contribution in [1.82, 2.24) is 5.32 Å². The molecule has 90 valence electrons. The molecule has 0 amide bonds. The first-order valence-corrected chi connectivity index (χ1v) is 6.02. The summed E-state index contributed by atoms with van der Waals surface area (Å²) in [5.41, 5.74) is 5.26.